The van der Waals surface area contributed by atoms with Crippen LogP contribution >= 0.6 is 11.6 Å². The fourth-order valence-electron chi connectivity index (χ4n) is 2.67. The zero-order valence-corrected chi connectivity index (χ0v) is 13.3. The Morgan fingerprint density at radius 2 is 1.86 bits per heavy atom. The van der Waals surface area contributed by atoms with Gasteiger partial charge in [0.2, 0.25) is 0 Å². The molecule has 1 aliphatic carbocycles. The Labute approximate surface area is 132 Å². The Balaban J connectivity index is 1.84. The minimum atomic E-state index is 0.712. The summed E-state index contributed by atoms with van der Waals surface area (Å²) in [7, 11) is 0. The molecule has 0 bridgehead atoms. The van der Waals surface area contributed by atoms with Crippen LogP contribution in [0, 0.1) is 0 Å². The average molecular weight is 300 g/mol. The van der Waals surface area contributed by atoms with Gasteiger partial charge in [-0.2, -0.15) is 0 Å². The second-order valence-corrected chi connectivity index (χ2v) is 6.34. The molecule has 3 rings (SSSR count). The molecule has 1 N–H and O–H groups in total. The molecule has 1 aliphatic rings. The smallest absolute Gasteiger partial charge is 0.0409 e. The van der Waals surface area contributed by atoms with Crippen LogP contribution < -0.4 is 5.32 Å². The fourth-order valence-corrected chi connectivity index (χ4v) is 2.87. The molecule has 0 atom stereocenters. The summed E-state index contributed by atoms with van der Waals surface area (Å²) in [4.78, 5) is 0. The van der Waals surface area contributed by atoms with Crippen molar-refractivity contribution >= 4 is 11.6 Å². The van der Waals surface area contributed by atoms with Gasteiger partial charge in [0.1, 0.15) is 0 Å². The number of rotatable bonds is 6. The van der Waals surface area contributed by atoms with E-state index in [0.717, 1.165) is 18.0 Å². The molecular formula is C19H22ClN. The zero-order valence-electron chi connectivity index (χ0n) is 12.5. The van der Waals surface area contributed by atoms with Crippen molar-refractivity contribution in [1.82, 2.24) is 5.32 Å². The Bertz CT molecular complexity index is 599. The van der Waals surface area contributed by atoms with Crippen LogP contribution in [0.4, 0.5) is 0 Å². The van der Waals surface area contributed by atoms with Crippen molar-refractivity contribution in [2.45, 2.75) is 45.2 Å². The van der Waals surface area contributed by atoms with Crippen LogP contribution in [0.25, 0.3) is 11.1 Å². The molecule has 21 heavy (non-hydrogen) atoms. The van der Waals surface area contributed by atoms with Gasteiger partial charge in [0.25, 0.3) is 0 Å². The van der Waals surface area contributed by atoms with Crippen molar-refractivity contribution in [2.24, 2.45) is 0 Å². The largest absolute Gasteiger partial charge is 0.310 e. The van der Waals surface area contributed by atoms with E-state index in [0.29, 0.717) is 6.04 Å². The first-order valence-electron chi connectivity index (χ1n) is 7.87. The molecule has 1 saturated carbocycles. The maximum atomic E-state index is 6.17. The molecule has 2 aromatic rings. The molecule has 0 amide bonds. The highest BCUT2D eigenvalue weighted by molar-refractivity contribution is 6.30. The molecule has 0 aliphatic heterocycles. The maximum absolute atomic E-state index is 6.17. The molecule has 0 saturated heterocycles. The molecule has 0 unspecified atom stereocenters. The molecular weight excluding hydrogens is 278 g/mol. The molecule has 110 valence electrons. The van der Waals surface area contributed by atoms with E-state index in [-0.39, 0.29) is 0 Å². The number of benzene rings is 2. The average Bonchev–Trinajstić information content (AvgIpc) is 3.31. The van der Waals surface area contributed by atoms with Gasteiger partial charge in [-0.3, -0.25) is 0 Å². The van der Waals surface area contributed by atoms with E-state index in [1.165, 1.54) is 41.5 Å². The summed E-state index contributed by atoms with van der Waals surface area (Å²) in [5.41, 5.74) is 5.26. The van der Waals surface area contributed by atoms with Crippen LogP contribution in [0.1, 0.15) is 37.3 Å². The van der Waals surface area contributed by atoms with Gasteiger partial charge in [-0.15, -0.1) is 0 Å². The first kappa shape index (κ1) is 14.6. The van der Waals surface area contributed by atoms with E-state index in [1.54, 1.807) is 0 Å². The highest BCUT2D eigenvalue weighted by atomic mass is 35.5. The zero-order chi connectivity index (χ0) is 14.7. The number of halogens is 1. The second-order valence-electron chi connectivity index (χ2n) is 5.90. The Morgan fingerprint density at radius 3 is 2.52 bits per heavy atom. The first-order chi connectivity index (χ1) is 10.3. The van der Waals surface area contributed by atoms with Crippen molar-refractivity contribution in [3.8, 4) is 11.1 Å². The monoisotopic (exact) mass is 299 g/mol. The van der Waals surface area contributed by atoms with Crippen LogP contribution in [0.15, 0.2) is 42.5 Å². The molecule has 2 aromatic carbocycles. The van der Waals surface area contributed by atoms with E-state index in [1.807, 2.05) is 6.07 Å². The minimum Gasteiger partial charge on any atom is -0.310 e. The molecule has 0 heterocycles. The van der Waals surface area contributed by atoms with Gasteiger partial charge in [-0.05, 0) is 53.6 Å². The third-order valence-electron chi connectivity index (χ3n) is 4.03. The summed E-state index contributed by atoms with van der Waals surface area (Å²) < 4.78 is 0. The van der Waals surface area contributed by atoms with E-state index < -0.39 is 0 Å². The predicted molar refractivity (Wildman–Crippen MR) is 90.7 cm³/mol. The summed E-state index contributed by atoms with van der Waals surface area (Å²) in [5, 5.41) is 4.40. The number of aryl methyl sites for hydroxylation is 1. The summed E-state index contributed by atoms with van der Waals surface area (Å²) in [6.07, 6.45) is 4.96. The van der Waals surface area contributed by atoms with Crippen LogP contribution in [0.5, 0.6) is 0 Å². The van der Waals surface area contributed by atoms with Gasteiger partial charge < -0.3 is 5.32 Å². The van der Waals surface area contributed by atoms with Crippen LogP contribution in [0.2, 0.25) is 5.02 Å². The molecule has 0 radical (unpaired) electrons. The van der Waals surface area contributed by atoms with E-state index in [9.17, 15) is 0 Å². The number of hydrogen-bond acceptors (Lipinski definition) is 1. The van der Waals surface area contributed by atoms with Crippen LogP contribution in [-0.4, -0.2) is 6.04 Å². The van der Waals surface area contributed by atoms with E-state index >= 15 is 0 Å². The number of nitrogens with one attached hydrogen (secondary N) is 1. The van der Waals surface area contributed by atoms with Crippen molar-refractivity contribution in [3.05, 3.63) is 58.6 Å². The van der Waals surface area contributed by atoms with Crippen LogP contribution in [-0.2, 0) is 13.0 Å². The Morgan fingerprint density at radius 1 is 1.10 bits per heavy atom. The topological polar surface area (TPSA) is 12.0 Å². The minimum absolute atomic E-state index is 0.712. The van der Waals surface area contributed by atoms with E-state index in [4.69, 9.17) is 11.6 Å². The lowest BCUT2D eigenvalue weighted by Crippen LogP contribution is -2.15. The third-order valence-corrected chi connectivity index (χ3v) is 4.26. The van der Waals surface area contributed by atoms with Crippen molar-refractivity contribution in [3.63, 3.8) is 0 Å². The van der Waals surface area contributed by atoms with Crippen LogP contribution in [0.3, 0.4) is 0 Å². The molecule has 0 spiro atoms. The summed E-state index contributed by atoms with van der Waals surface area (Å²) >= 11 is 6.17. The molecule has 2 heteroatoms. The first-order valence-corrected chi connectivity index (χ1v) is 8.25. The van der Waals surface area contributed by atoms with Crippen molar-refractivity contribution < 1.29 is 0 Å². The fraction of sp³-hybridized carbons (Fsp3) is 0.368. The van der Waals surface area contributed by atoms with Crippen molar-refractivity contribution in [1.29, 1.82) is 0 Å². The second kappa shape index (κ2) is 6.64. The lowest BCUT2D eigenvalue weighted by atomic mass is 9.98. The summed E-state index contributed by atoms with van der Waals surface area (Å²) in [6, 6.07) is 15.9. The Kier molecular flexibility index (Phi) is 4.62. The third kappa shape index (κ3) is 3.87. The van der Waals surface area contributed by atoms with Gasteiger partial charge >= 0.3 is 0 Å². The predicted octanol–water partition coefficient (Wildman–Crippen LogP) is 5.21. The van der Waals surface area contributed by atoms with Gasteiger partial charge in [-0.1, -0.05) is 55.3 Å². The lowest BCUT2D eigenvalue weighted by molar-refractivity contribution is 0.689. The van der Waals surface area contributed by atoms with Crippen molar-refractivity contribution in [2.75, 3.05) is 0 Å². The van der Waals surface area contributed by atoms with Gasteiger partial charge in [-0.25, -0.2) is 0 Å². The number of hydrogen-bond donors (Lipinski definition) is 1. The van der Waals surface area contributed by atoms with E-state index in [2.05, 4.69) is 48.6 Å². The summed E-state index contributed by atoms with van der Waals surface area (Å²) in [6.45, 7) is 3.12. The van der Waals surface area contributed by atoms with Gasteiger partial charge in [0, 0.05) is 17.6 Å². The quantitative estimate of drug-likeness (QED) is 0.772. The van der Waals surface area contributed by atoms with Gasteiger partial charge in [0.15, 0.2) is 0 Å². The molecule has 1 fully saturated rings. The molecule has 0 aromatic heterocycles. The highest BCUT2D eigenvalue weighted by Crippen LogP contribution is 2.28. The molecule has 1 nitrogen and oxygen atoms in total. The summed E-state index contributed by atoms with van der Waals surface area (Å²) in [5.74, 6) is 0. The lowest BCUT2D eigenvalue weighted by Gasteiger charge is -2.12. The van der Waals surface area contributed by atoms with Gasteiger partial charge in [0.05, 0.1) is 0 Å². The highest BCUT2D eigenvalue weighted by Gasteiger charge is 2.20. The maximum Gasteiger partial charge on any atom is 0.0409 e. The SMILES string of the molecule is CCCc1ccc(-c2ccc(Cl)cc2CNC2CC2)cc1. The Hall–Kier alpha value is -1.31. The normalized spacial score (nSPS) is 14.4. The standard InChI is InChI=1S/C19H22ClN/c1-2-3-14-4-6-15(7-5-14)19-11-8-17(20)12-16(19)13-21-18-9-10-18/h4-8,11-12,18,21H,2-3,9-10,13H2,1H3.